The molecule has 0 radical (unpaired) electrons. The molecular formula is C16H21N5. The summed E-state index contributed by atoms with van der Waals surface area (Å²) in [7, 11) is 0. The highest BCUT2D eigenvalue weighted by atomic mass is 15.3. The van der Waals surface area contributed by atoms with E-state index in [-0.39, 0.29) is 0 Å². The molecule has 1 aliphatic heterocycles. The van der Waals surface area contributed by atoms with Crippen LogP contribution >= 0.6 is 0 Å². The topological polar surface area (TPSA) is 53.9 Å². The van der Waals surface area contributed by atoms with Gasteiger partial charge in [-0.2, -0.15) is 10.1 Å². The van der Waals surface area contributed by atoms with Gasteiger partial charge in [-0.3, -0.25) is 0 Å². The molecule has 0 bridgehead atoms. The van der Waals surface area contributed by atoms with E-state index in [1.165, 1.54) is 24.8 Å². The lowest BCUT2D eigenvalue weighted by atomic mass is 10.1. The fourth-order valence-electron chi connectivity index (χ4n) is 2.61. The van der Waals surface area contributed by atoms with Crippen molar-refractivity contribution in [1.82, 2.24) is 15.2 Å². The smallest absolute Gasteiger partial charge is 0.244 e. The summed E-state index contributed by atoms with van der Waals surface area (Å²) >= 11 is 0. The summed E-state index contributed by atoms with van der Waals surface area (Å²) in [5.41, 5.74) is 1.31. The molecule has 0 unspecified atom stereocenters. The van der Waals surface area contributed by atoms with E-state index in [9.17, 15) is 0 Å². The van der Waals surface area contributed by atoms with E-state index in [1.54, 1.807) is 6.20 Å². The summed E-state index contributed by atoms with van der Waals surface area (Å²) in [6.45, 7) is 2.96. The van der Waals surface area contributed by atoms with Crippen LogP contribution in [-0.4, -0.2) is 34.8 Å². The third kappa shape index (κ3) is 3.90. The average Bonchev–Trinajstić information content (AvgIpc) is 2.57. The Morgan fingerprint density at radius 2 is 1.86 bits per heavy atom. The van der Waals surface area contributed by atoms with Crippen molar-refractivity contribution < 1.29 is 0 Å². The Morgan fingerprint density at radius 1 is 1.05 bits per heavy atom. The molecule has 0 spiro atoms. The van der Waals surface area contributed by atoms with E-state index in [0.29, 0.717) is 5.95 Å². The van der Waals surface area contributed by atoms with Crippen LogP contribution in [0.3, 0.4) is 0 Å². The van der Waals surface area contributed by atoms with Gasteiger partial charge < -0.3 is 10.2 Å². The number of piperidine rings is 1. The summed E-state index contributed by atoms with van der Waals surface area (Å²) in [4.78, 5) is 6.86. The minimum absolute atomic E-state index is 0.619. The van der Waals surface area contributed by atoms with Gasteiger partial charge in [0, 0.05) is 19.6 Å². The van der Waals surface area contributed by atoms with Crippen LogP contribution in [0, 0.1) is 0 Å². The van der Waals surface area contributed by atoms with Gasteiger partial charge >= 0.3 is 0 Å². The van der Waals surface area contributed by atoms with Crippen molar-refractivity contribution in [1.29, 1.82) is 0 Å². The lowest BCUT2D eigenvalue weighted by Crippen LogP contribution is -2.30. The fourth-order valence-corrected chi connectivity index (χ4v) is 2.61. The van der Waals surface area contributed by atoms with Crippen molar-refractivity contribution in [2.45, 2.75) is 25.7 Å². The van der Waals surface area contributed by atoms with Crippen LogP contribution < -0.4 is 10.2 Å². The number of nitrogens with zero attached hydrogens (tertiary/aromatic N) is 4. The highest BCUT2D eigenvalue weighted by Crippen LogP contribution is 2.17. The molecule has 3 rings (SSSR count). The van der Waals surface area contributed by atoms with Crippen molar-refractivity contribution >= 4 is 11.8 Å². The standard InChI is InChI=1S/C16H21N5/c1-3-7-14(8-4-1)9-10-17-16-19-15(13-18-20-16)21-11-5-2-6-12-21/h1,3-4,7-8,13H,2,5-6,9-12H2,(H,17,19,20). The zero-order valence-electron chi connectivity index (χ0n) is 12.2. The molecule has 0 atom stereocenters. The number of nitrogens with one attached hydrogen (secondary N) is 1. The maximum atomic E-state index is 4.57. The zero-order valence-corrected chi connectivity index (χ0v) is 12.2. The molecule has 1 aliphatic rings. The van der Waals surface area contributed by atoms with E-state index in [4.69, 9.17) is 0 Å². The van der Waals surface area contributed by atoms with Gasteiger partial charge in [0.15, 0.2) is 5.82 Å². The Balaban J connectivity index is 1.55. The molecule has 5 nitrogen and oxygen atoms in total. The van der Waals surface area contributed by atoms with Crippen molar-refractivity contribution in [2.24, 2.45) is 0 Å². The van der Waals surface area contributed by atoms with Crippen molar-refractivity contribution in [3.63, 3.8) is 0 Å². The number of hydrogen-bond donors (Lipinski definition) is 1. The van der Waals surface area contributed by atoms with Crippen molar-refractivity contribution in [3.8, 4) is 0 Å². The molecule has 1 N–H and O–H groups in total. The Labute approximate surface area is 125 Å². The minimum atomic E-state index is 0.619. The summed E-state index contributed by atoms with van der Waals surface area (Å²) < 4.78 is 0. The van der Waals surface area contributed by atoms with E-state index >= 15 is 0 Å². The Hall–Kier alpha value is -2.17. The van der Waals surface area contributed by atoms with Gasteiger partial charge in [0.2, 0.25) is 5.95 Å². The van der Waals surface area contributed by atoms with E-state index in [1.807, 2.05) is 6.07 Å². The first-order valence-electron chi connectivity index (χ1n) is 7.64. The van der Waals surface area contributed by atoms with Crippen LogP contribution in [0.1, 0.15) is 24.8 Å². The third-order valence-corrected chi connectivity index (χ3v) is 3.77. The highest BCUT2D eigenvalue weighted by molar-refractivity contribution is 5.40. The fraction of sp³-hybridized carbons (Fsp3) is 0.438. The van der Waals surface area contributed by atoms with Gasteiger partial charge in [-0.15, -0.1) is 5.10 Å². The molecule has 0 amide bonds. The second-order valence-electron chi connectivity index (χ2n) is 5.35. The highest BCUT2D eigenvalue weighted by Gasteiger charge is 2.13. The van der Waals surface area contributed by atoms with Gasteiger partial charge in [-0.25, -0.2) is 0 Å². The molecule has 2 heterocycles. The van der Waals surface area contributed by atoms with Crippen LogP contribution in [0.15, 0.2) is 36.5 Å². The van der Waals surface area contributed by atoms with Gasteiger partial charge in [0.1, 0.15) is 0 Å². The molecule has 110 valence electrons. The molecule has 1 aromatic heterocycles. The summed E-state index contributed by atoms with van der Waals surface area (Å²) in [5, 5.41) is 11.4. The average molecular weight is 283 g/mol. The zero-order chi connectivity index (χ0) is 14.3. The number of hydrogen-bond acceptors (Lipinski definition) is 5. The van der Waals surface area contributed by atoms with Crippen LogP contribution in [0.25, 0.3) is 0 Å². The van der Waals surface area contributed by atoms with Gasteiger partial charge in [-0.05, 0) is 31.2 Å². The molecule has 2 aromatic rings. The van der Waals surface area contributed by atoms with Crippen molar-refractivity contribution in [2.75, 3.05) is 29.9 Å². The first-order valence-corrected chi connectivity index (χ1v) is 7.64. The molecule has 1 aromatic carbocycles. The van der Waals surface area contributed by atoms with Gasteiger partial charge in [0.25, 0.3) is 0 Å². The number of benzene rings is 1. The van der Waals surface area contributed by atoms with Gasteiger partial charge in [-0.1, -0.05) is 30.3 Å². The maximum absolute atomic E-state index is 4.57. The monoisotopic (exact) mass is 283 g/mol. The van der Waals surface area contributed by atoms with Crippen LogP contribution in [-0.2, 0) is 6.42 Å². The maximum Gasteiger partial charge on any atom is 0.244 e. The lowest BCUT2D eigenvalue weighted by Gasteiger charge is -2.27. The van der Waals surface area contributed by atoms with Crippen molar-refractivity contribution in [3.05, 3.63) is 42.1 Å². The summed E-state index contributed by atoms with van der Waals surface area (Å²) in [6, 6.07) is 10.4. The molecule has 21 heavy (non-hydrogen) atoms. The number of aromatic nitrogens is 3. The summed E-state index contributed by atoms with van der Waals surface area (Å²) in [5.74, 6) is 1.56. The predicted molar refractivity (Wildman–Crippen MR) is 84.5 cm³/mol. The lowest BCUT2D eigenvalue weighted by molar-refractivity contribution is 0.572. The normalized spacial score (nSPS) is 15.0. The Bertz CT molecular complexity index is 552. The number of anilines is 2. The summed E-state index contributed by atoms with van der Waals surface area (Å²) in [6.07, 6.45) is 6.50. The second-order valence-corrected chi connectivity index (χ2v) is 5.35. The quantitative estimate of drug-likeness (QED) is 0.913. The Morgan fingerprint density at radius 3 is 2.67 bits per heavy atom. The minimum Gasteiger partial charge on any atom is -0.355 e. The molecular weight excluding hydrogens is 262 g/mol. The van der Waals surface area contributed by atoms with Crippen LogP contribution in [0.4, 0.5) is 11.8 Å². The largest absolute Gasteiger partial charge is 0.355 e. The predicted octanol–water partition coefficient (Wildman–Crippen LogP) is 2.52. The van der Waals surface area contributed by atoms with E-state index < -0.39 is 0 Å². The second kappa shape index (κ2) is 7.02. The number of rotatable bonds is 5. The SMILES string of the molecule is c1ccc(CCNc2nncc(N3CCCCC3)n2)cc1. The molecule has 1 saturated heterocycles. The third-order valence-electron chi connectivity index (χ3n) is 3.77. The van der Waals surface area contributed by atoms with Gasteiger partial charge in [0.05, 0.1) is 6.20 Å². The molecule has 1 fully saturated rings. The molecule has 5 heteroatoms. The first-order chi connectivity index (χ1) is 10.4. The first kappa shape index (κ1) is 13.8. The van der Waals surface area contributed by atoms with E-state index in [0.717, 1.165) is 31.9 Å². The Kier molecular flexibility index (Phi) is 4.61. The van der Waals surface area contributed by atoms with E-state index in [2.05, 4.69) is 49.7 Å². The van der Waals surface area contributed by atoms with Crippen LogP contribution in [0.5, 0.6) is 0 Å². The molecule has 0 aliphatic carbocycles. The van der Waals surface area contributed by atoms with Crippen LogP contribution in [0.2, 0.25) is 0 Å². The molecule has 0 saturated carbocycles.